The van der Waals surface area contributed by atoms with Crippen molar-refractivity contribution in [2.45, 2.75) is 18.2 Å². The second-order valence-electron chi connectivity index (χ2n) is 3.22. The van der Waals surface area contributed by atoms with Gasteiger partial charge in [0, 0.05) is 12.7 Å². The molecule has 1 N–H and O–H groups in total. The van der Waals surface area contributed by atoms with Crippen molar-refractivity contribution in [1.82, 2.24) is 9.71 Å². The molecule has 0 atom stereocenters. The van der Waals surface area contributed by atoms with E-state index in [4.69, 9.17) is 5.26 Å². The summed E-state index contributed by atoms with van der Waals surface area (Å²) in [5, 5.41) is 8.78. The Morgan fingerprint density at radius 3 is 3.00 bits per heavy atom. The van der Waals surface area contributed by atoms with Crippen molar-refractivity contribution in [3.05, 3.63) is 36.2 Å². The Balaban J connectivity index is 2.87. The molecule has 0 amide bonds. The molecule has 5 nitrogen and oxygen atoms in total. The Labute approximate surface area is 101 Å². The highest BCUT2D eigenvalue weighted by Crippen LogP contribution is 2.11. The molecule has 17 heavy (non-hydrogen) atoms. The Hall–Kier alpha value is -1.71. The minimum atomic E-state index is -3.65. The first kappa shape index (κ1) is 13.4. The minimum absolute atomic E-state index is 0.0806. The van der Waals surface area contributed by atoms with Crippen molar-refractivity contribution in [2.24, 2.45) is 0 Å². The molecule has 0 saturated heterocycles. The molecular weight excluding hydrogens is 238 g/mol. The maximum atomic E-state index is 11.8. The summed E-state index contributed by atoms with van der Waals surface area (Å²) < 4.78 is 26.1. The number of pyridine rings is 1. The number of nitrogens with zero attached hydrogens (tertiary/aromatic N) is 2. The molecule has 90 valence electrons. The average molecular weight is 251 g/mol. The summed E-state index contributed by atoms with van der Waals surface area (Å²) in [6, 6.07) is 4.61. The topological polar surface area (TPSA) is 82.8 Å². The molecule has 0 bridgehead atoms. The van der Waals surface area contributed by atoms with E-state index >= 15 is 0 Å². The van der Waals surface area contributed by atoms with Gasteiger partial charge in [-0.15, -0.1) is 0 Å². The summed E-state index contributed by atoms with van der Waals surface area (Å²) in [5.74, 6) is 0. The largest absolute Gasteiger partial charge is 0.244 e. The van der Waals surface area contributed by atoms with Crippen molar-refractivity contribution in [3.8, 4) is 6.07 Å². The number of hydrogen-bond donors (Lipinski definition) is 1. The van der Waals surface area contributed by atoms with Crippen LogP contribution >= 0.6 is 0 Å². The van der Waals surface area contributed by atoms with E-state index in [-0.39, 0.29) is 10.6 Å². The lowest BCUT2D eigenvalue weighted by atomic mass is 10.4. The zero-order chi connectivity index (χ0) is 12.7. The van der Waals surface area contributed by atoms with Gasteiger partial charge in [-0.2, -0.15) is 5.26 Å². The first-order chi connectivity index (χ1) is 8.11. The van der Waals surface area contributed by atoms with Crippen LogP contribution in [-0.2, 0) is 10.0 Å². The predicted molar refractivity (Wildman–Crippen MR) is 63.6 cm³/mol. The van der Waals surface area contributed by atoms with Crippen LogP contribution in [0, 0.1) is 11.3 Å². The molecule has 0 spiro atoms. The van der Waals surface area contributed by atoms with Gasteiger partial charge in [0.2, 0.25) is 10.0 Å². The fourth-order valence-electron chi connectivity index (χ4n) is 1.21. The summed E-state index contributed by atoms with van der Waals surface area (Å²) >= 11 is 0. The van der Waals surface area contributed by atoms with Gasteiger partial charge in [-0.3, -0.25) is 0 Å². The maximum absolute atomic E-state index is 11.8. The van der Waals surface area contributed by atoms with Gasteiger partial charge in [0.15, 0.2) is 5.69 Å². The van der Waals surface area contributed by atoms with Gasteiger partial charge in [-0.25, -0.2) is 18.1 Å². The lowest BCUT2D eigenvalue weighted by molar-refractivity contribution is 0.581. The zero-order valence-corrected chi connectivity index (χ0v) is 10.2. The molecule has 0 aliphatic carbocycles. The maximum Gasteiger partial charge on any atom is 0.243 e. The smallest absolute Gasteiger partial charge is 0.243 e. The first-order valence-corrected chi connectivity index (χ1v) is 6.56. The van der Waals surface area contributed by atoms with Crippen molar-refractivity contribution in [1.29, 1.82) is 5.26 Å². The zero-order valence-electron chi connectivity index (χ0n) is 9.42. The second kappa shape index (κ2) is 6.13. The number of rotatable bonds is 5. The number of nitriles is 1. The summed E-state index contributed by atoms with van der Waals surface area (Å²) in [7, 11) is -3.65. The van der Waals surface area contributed by atoms with E-state index < -0.39 is 10.0 Å². The molecular formula is C11H13N3O2S. The number of aromatic nitrogens is 1. The van der Waals surface area contributed by atoms with E-state index in [9.17, 15) is 8.42 Å². The number of sulfonamides is 1. The fourth-order valence-corrected chi connectivity index (χ4v) is 2.37. The van der Waals surface area contributed by atoms with Crippen LogP contribution in [-0.4, -0.2) is 19.9 Å². The molecule has 0 saturated carbocycles. The number of hydrogen-bond acceptors (Lipinski definition) is 4. The predicted octanol–water partition coefficient (Wildman–Crippen LogP) is 1.20. The van der Waals surface area contributed by atoms with Crippen LogP contribution < -0.4 is 4.72 Å². The first-order valence-electron chi connectivity index (χ1n) is 5.07. The van der Waals surface area contributed by atoms with Crippen LogP contribution in [0.25, 0.3) is 0 Å². The standard InChI is InChI=1S/C11H13N3O2S/c1-2-3-4-8-14-17(15,16)11-6-5-7-13-10(11)9-12/h2-3,5-7,14H,4,8H2,1H3/b3-2+. The van der Waals surface area contributed by atoms with Crippen LogP contribution in [0.5, 0.6) is 0 Å². The Bertz CT molecular complexity index is 544. The van der Waals surface area contributed by atoms with E-state index in [2.05, 4.69) is 9.71 Å². The summed E-state index contributed by atoms with van der Waals surface area (Å²) in [4.78, 5) is 3.63. The number of allylic oxidation sites excluding steroid dienone is 1. The van der Waals surface area contributed by atoms with Crippen LogP contribution in [0.1, 0.15) is 19.0 Å². The lowest BCUT2D eigenvalue weighted by Gasteiger charge is -2.05. The van der Waals surface area contributed by atoms with E-state index in [1.54, 1.807) is 6.07 Å². The van der Waals surface area contributed by atoms with Crippen molar-refractivity contribution in [3.63, 3.8) is 0 Å². The SMILES string of the molecule is C/C=C/CCNS(=O)(=O)c1cccnc1C#N. The molecule has 6 heteroatoms. The highest BCUT2D eigenvalue weighted by atomic mass is 32.2. The molecule has 1 aromatic heterocycles. The van der Waals surface area contributed by atoms with E-state index in [1.165, 1.54) is 18.3 Å². The van der Waals surface area contributed by atoms with Crippen LogP contribution in [0.3, 0.4) is 0 Å². The van der Waals surface area contributed by atoms with Gasteiger partial charge in [0.25, 0.3) is 0 Å². The molecule has 1 heterocycles. The summed E-state index contributed by atoms with van der Waals surface area (Å²) in [5.41, 5.74) is -0.0916. The highest BCUT2D eigenvalue weighted by molar-refractivity contribution is 7.89. The molecule has 0 aliphatic heterocycles. The third-order valence-electron chi connectivity index (χ3n) is 2.00. The van der Waals surface area contributed by atoms with Crippen LogP contribution in [0.4, 0.5) is 0 Å². The minimum Gasteiger partial charge on any atom is -0.244 e. The molecule has 0 aliphatic rings. The normalized spacial score (nSPS) is 11.5. The summed E-state index contributed by atoms with van der Waals surface area (Å²) in [6.45, 7) is 2.16. The van der Waals surface area contributed by atoms with Gasteiger partial charge < -0.3 is 0 Å². The summed E-state index contributed by atoms with van der Waals surface area (Å²) in [6.07, 6.45) is 5.70. The highest BCUT2D eigenvalue weighted by Gasteiger charge is 2.18. The number of nitrogens with one attached hydrogen (secondary N) is 1. The van der Waals surface area contributed by atoms with E-state index in [1.807, 2.05) is 19.1 Å². The van der Waals surface area contributed by atoms with Gasteiger partial charge in [0.05, 0.1) is 0 Å². The molecule has 1 rings (SSSR count). The van der Waals surface area contributed by atoms with Gasteiger partial charge in [-0.05, 0) is 25.5 Å². The molecule has 0 aromatic carbocycles. The third kappa shape index (κ3) is 3.66. The molecule has 0 radical (unpaired) electrons. The van der Waals surface area contributed by atoms with Crippen molar-refractivity contribution >= 4 is 10.0 Å². The van der Waals surface area contributed by atoms with E-state index in [0.717, 1.165) is 0 Å². The van der Waals surface area contributed by atoms with Crippen molar-refractivity contribution in [2.75, 3.05) is 6.54 Å². The Morgan fingerprint density at radius 1 is 1.59 bits per heavy atom. The third-order valence-corrected chi connectivity index (χ3v) is 3.50. The fraction of sp³-hybridized carbons (Fsp3) is 0.273. The van der Waals surface area contributed by atoms with Gasteiger partial charge >= 0.3 is 0 Å². The Morgan fingerprint density at radius 2 is 2.35 bits per heavy atom. The van der Waals surface area contributed by atoms with Gasteiger partial charge in [-0.1, -0.05) is 12.2 Å². The van der Waals surface area contributed by atoms with E-state index in [0.29, 0.717) is 13.0 Å². The molecule has 0 fully saturated rings. The second-order valence-corrected chi connectivity index (χ2v) is 4.95. The average Bonchev–Trinajstić information content (AvgIpc) is 2.34. The quantitative estimate of drug-likeness (QED) is 0.629. The lowest BCUT2D eigenvalue weighted by Crippen LogP contribution is -2.25. The van der Waals surface area contributed by atoms with Crippen LogP contribution in [0.2, 0.25) is 0 Å². The van der Waals surface area contributed by atoms with Crippen LogP contribution in [0.15, 0.2) is 35.4 Å². The Kier molecular flexibility index (Phi) is 4.82. The molecule has 0 unspecified atom stereocenters. The monoisotopic (exact) mass is 251 g/mol. The molecule has 1 aromatic rings. The van der Waals surface area contributed by atoms with Gasteiger partial charge in [0.1, 0.15) is 11.0 Å². The van der Waals surface area contributed by atoms with Crippen molar-refractivity contribution < 1.29 is 8.42 Å².